The third-order valence-corrected chi connectivity index (χ3v) is 5.52. The van der Waals surface area contributed by atoms with Gasteiger partial charge in [0.25, 0.3) is 0 Å². The maximum atomic E-state index is 14.4. The van der Waals surface area contributed by atoms with Crippen LogP contribution in [0, 0.1) is 11.7 Å². The predicted molar refractivity (Wildman–Crippen MR) is 119 cm³/mol. The van der Waals surface area contributed by atoms with E-state index in [1.807, 2.05) is 37.3 Å². The Balaban J connectivity index is 1.76. The summed E-state index contributed by atoms with van der Waals surface area (Å²) in [5, 5.41) is 14.9. The molecule has 6 heteroatoms. The van der Waals surface area contributed by atoms with Crippen molar-refractivity contribution in [2.45, 2.75) is 45.8 Å². The summed E-state index contributed by atoms with van der Waals surface area (Å²) in [7, 11) is 0. The second-order valence-corrected chi connectivity index (χ2v) is 8.35. The summed E-state index contributed by atoms with van der Waals surface area (Å²) < 4.78 is 22.4. The maximum absolute atomic E-state index is 14.4. The number of aromatic nitrogens is 2. The molecular formula is C25H30FN3O2. The fourth-order valence-corrected chi connectivity index (χ4v) is 3.87. The number of nitrogens with zero attached hydrogens (tertiary/aromatic N) is 3. The number of benzene rings is 2. The zero-order valence-electron chi connectivity index (χ0n) is 18.2. The van der Waals surface area contributed by atoms with Gasteiger partial charge in [-0.2, -0.15) is 5.10 Å². The number of halogens is 1. The zero-order chi connectivity index (χ0) is 21.8. The maximum Gasteiger partial charge on any atom is 0.227 e. The Hall–Kier alpha value is -2.70. The minimum absolute atomic E-state index is 0.174. The number of aryl methyl sites for hydroxylation is 1. The molecule has 1 saturated carbocycles. The van der Waals surface area contributed by atoms with E-state index in [1.54, 1.807) is 22.9 Å². The number of hydrogen-bond donors (Lipinski definition) is 1. The van der Waals surface area contributed by atoms with E-state index >= 15 is 0 Å². The highest BCUT2D eigenvalue weighted by Crippen LogP contribution is 2.35. The zero-order valence-corrected chi connectivity index (χ0v) is 18.2. The molecule has 1 fully saturated rings. The van der Waals surface area contributed by atoms with Crippen LogP contribution in [0.1, 0.15) is 37.9 Å². The quantitative estimate of drug-likeness (QED) is 0.501. The van der Waals surface area contributed by atoms with Gasteiger partial charge < -0.3 is 9.84 Å². The second kappa shape index (κ2) is 9.62. The lowest BCUT2D eigenvalue weighted by atomic mass is 10.1. The van der Waals surface area contributed by atoms with Gasteiger partial charge in [-0.1, -0.05) is 37.3 Å². The number of ether oxygens (including phenoxy) is 1. The summed E-state index contributed by atoms with van der Waals surface area (Å²) in [6.07, 6.45) is 2.77. The average molecular weight is 424 g/mol. The minimum Gasteiger partial charge on any atom is -0.435 e. The molecule has 5 nitrogen and oxygen atoms in total. The topological polar surface area (TPSA) is 50.5 Å². The van der Waals surface area contributed by atoms with E-state index in [0.29, 0.717) is 24.9 Å². The van der Waals surface area contributed by atoms with Gasteiger partial charge in [0.15, 0.2) is 11.6 Å². The highest BCUT2D eigenvalue weighted by molar-refractivity contribution is 5.44. The van der Waals surface area contributed by atoms with Crippen LogP contribution in [-0.2, 0) is 13.0 Å². The van der Waals surface area contributed by atoms with E-state index in [-0.39, 0.29) is 5.75 Å². The molecule has 1 aromatic heterocycles. The van der Waals surface area contributed by atoms with Gasteiger partial charge in [0.05, 0.1) is 23.0 Å². The van der Waals surface area contributed by atoms with Crippen LogP contribution in [0.2, 0.25) is 0 Å². The van der Waals surface area contributed by atoms with Crippen LogP contribution in [0.4, 0.5) is 4.39 Å². The molecule has 1 aliphatic rings. The lowest BCUT2D eigenvalue weighted by Gasteiger charge is -2.24. The van der Waals surface area contributed by atoms with Gasteiger partial charge in [0.2, 0.25) is 5.88 Å². The first-order valence-electron chi connectivity index (χ1n) is 11.0. The standard InChI is InChI=1S/C25H30FN3O2/c1-3-23-21(17-28(15-18(2)30)16-19-13-14-19)25(31-24-12-8-7-11-22(24)26)29(27-23)20-9-5-4-6-10-20/h4-12,18-19,30H,3,13-17H2,1-2H3. The summed E-state index contributed by atoms with van der Waals surface area (Å²) >= 11 is 0. The molecule has 1 heterocycles. The fraction of sp³-hybridized carbons (Fsp3) is 0.400. The van der Waals surface area contributed by atoms with E-state index in [0.717, 1.165) is 29.9 Å². The average Bonchev–Trinajstić information content (AvgIpc) is 3.51. The summed E-state index contributed by atoms with van der Waals surface area (Å²) in [5.74, 6) is 0.974. The van der Waals surface area contributed by atoms with Crippen molar-refractivity contribution in [2.24, 2.45) is 5.92 Å². The third kappa shape index (κ3) is 5.32. The summed E-state index contributed by atoms with van der Waals surface area (Å²) in [5.41, 5.74) is 2.72. The Kier molecular flexibility index (Phi) is 6.68. The van der Waals surface area contributed by atoms with E-state index < -0.39 is 11.9 Å². The van der Waals surface area contributed by atoms with Crippen molar-refractivity contribution in [1.82, 2.24) is 14.7 Å². The van der Waals surface area contributed by atoms with E-state index in [9.17, 15) is 9.50 Å². The molecule has 0 amide bonds. The number of para-hydroxylation sites is 2. The minimum atomic E-state index is -0.427. The Morgan fingerprint density at radius 2 is 1.87 bits per heavy atom. The van der Waals surface area contributed by atoms with Gasteiger partial charge in [0, 0.05) is 19.6 Å². The molecule has 3 aromatic rings. The normalized spacial score (nSPS) is 14.7. The van der Waals surface area contributed by atoms with Gasteiger partial charge in [-0.25, -0.2) is 9.07 Å². The van der Waals surface area contributed by atoms with E-state index in [1.165, 1.54) is 18.9 Å². The lowest BCUT2D eigenvalue weighted by Crippen LogP contribution is -2.32. The molecule has 0 bridgehead atoms. The van der Waals surface area contributed by atoms with Crippen LogP contribution in [0.3, 0.4) is 0 Å². The van der Waals surface area contributed by atoms with Crippen molar-refractivity contribution in [3.63, 3.8) is 0 Å². The Morgan fingerprint density at radius 3 is 2.52 bits per heavy atom. The highest BCUT2D eigenvalue weighted by atomic mass is 19.1. The van der Waals surface area contributed by atoms with Gasteiger partial charge >= 0.3 is 0 Å². The fourth-order valence-electron chi connectivity index (χ4n) is 3.87. The molecule has 0 spiro atoms. The molecule has 1 atom stereocenters. The molecule has 1 N–H and O–H groups in total. The van der Waals surface area contributed by atoms with Crippen molar-refractivity contribution in [1.29, 1.82) is 0 Å². The Morgan fingerprint density at radius 1 is 1.16 bits per heavy atom. The molecule has 4 rings (SSSR count). The smallest absolute Gasteiger partial charge is 0.227 e. The molecule has 0 aliphatic heterocycles. The monoisotopic (exact) mass is 423 g/mol. The summed E-state index contributed by atoms with van der Waals surface area (Å²) in [6, 6.07) is 16.2. The first-order chi connectivity index (χ1) is 15.0. The van der Waals surface area contributed by atoms with Crippen LogP contribution < -0.4 is 4.74 Å². The van der Waals surface area contributed by atoms with E-state index in [2.05, 4.69) is 11.8 Å². The molecule has 2 aromatic carbocycles. The van der Waals surface area contributed by atoms with Gasteiger partial charge in [-0.05, 0) is 56.4 Å². The molecule has 164 valence electrons. The molecule has 31 heavy (non-hydrogen) atoms. The molecule has 0 saturated heterocycles. The van der Waals surface area contributed by atoms with Gasteiger partial charge in [-0.15, -0.1) is 0 Å². The SMILES string of the molecule is CCc1nn(-c2ccccc2)c(Oc2ccccc2F)c1CN(CC(C)O)CC1CC1. The predicted octanol–water partition coefficient (Wildman–Crippen LogP) is 4.96. The van der Waals surface area contributed by atoms with Crippen molar-refractivity contribution in [3.05, 3.63) is 71.7 Å². The van der Waals surface area contributed by atoms with Crippen LogP contribution in [0.5, 0.6) is 11.6 Å². The lowest BCUT2D eigenvalue weighted by molar-refractivity contribution is 0.118. The summed E-state index contributed by atoms with van der Waals surface area (Å²) in [4.78, 5) is 2.27. The van der Waals surface area contributed by atoms with Crippen molar-refractivity contribution >= 4 is 0 Å². The van der Waals surface area contributed by atoms with Gasteiger partial charge in [-0.3, -0.25) is 4.90 Å². The highest BCUT2D eigenvalue weighted by Gasteiger charge is 2.28. The van der Waals surface area contributed by atoms with Crippen molar-refractivity contribution < 1.29 is 14.2 Å². The third-order valence-electron chi connectivity index (χ3n) is 5.52. The number of aliphatic hydroxyl groups excluding tert-OH is 1. The van der Waals surface area contributed by atoms with Crippen molar-refractivity contribution in [3.8, 4) is 17.3 Å². The first kappa shape index (κ1) is 21.5. The van der Waals surface area contributed by atoms with Gasteiger partial charge in [0.1, 0.15) is 0 Å². The Labute approximate surface area is 183 Å². The molecular weight excluding hydrogens is 393 g/mol. The number of rotatable bonds is 10. The first-order valence-corrected chi connectivity index (χ1v) is 11.0. The van der Waals surface area contributed by atoms with Crippen LogP contribution in [-0.4, -0.2) is 39.0 Å². The van der Waals surface area contributed by atoms with Crippen LogP contribution in [0.25, 0.3) is 5.69 Å². The molecule has 0 radical (unpaired) electrons. The molecule has 1 aliphatic carbocycles. The van der Waals surface area contributed by atoms with Crippen LogP contribution >= 0.6 is 0 Å². The van der Waals surface area contributed by atoms with E-state index in [4.69, 9.17) is 9.84 Å². The largest absolute Gasteiger partial charge is 0.435 e. The molecule has 1 unspecified atom stereocenters. The Bertz CT molecular complexity index is 995. The van der Waals surface area contributed by atoms with Crippen LogP contribution in [0.15, 0.2) is 54.6 Å². The van der Waals surface area contributed by atoms with Crippen molar-refractivity contribution in [2.75, 3.05) is 13.1 Å². The number of aliphatic hydroxyl groups is 1. The second-order valence-electron chi connectivity index (χ2n) is 8.35. The number of hydrogen-bond acceptors (Lipinski definition) is 4. The summed E-state index contributed by atoms with van der Waals surface area (Å²) in [6.45, 7) is 5.99.